The Morgan fingerprint density at radius 2 is 2.08 bits per heavy atom. The molecule has 3 atom stereocenters. The summed E-state index contributed by atoms with van der Waals surface area (Å²) in [4.78, 5) is 7.46. The topological polar surface area (TPSA) is 105 Å². The zero-order valence-corrected chi connectivity index (χ0v) is 14.7. The first-order valence-corrected chi connectivity index (χ1v) is 10.3. The van der Waals surface area contributed by atoms with E-state index in [9.17, 15) is 8.42 Å². The molecule has 0 bridgehead atoms. The van der Waals surface area contributed by atoms with E-state index in [1.165, 1.54) is 0 Å². The molecule has 3 aromatic heterocycles. The maximum absolute atomic E-state index is 12.2. The van der Waals surface area contributed by atoms with Gasteiger partial charge in [-0.3, -0.25) is 4.40 Å². The first-order valence-electron chi connectivity index (χ1n) is 8.71. The molecule has 8 nitrogen and oxygen atoms in total. The van der Waals surface area contributed by atoms with Crippen LogP contribution in [0.2, 0.25) is 0 Å². The molecule has 2 aliphatic rings. The van der Waals surface area contributed by atoms with Crippen molar-refractivity contribution in [2.75, 3.05) is 0 Å². The number of hydrogen-bond acceptors (Lipinski definition) is 5. The number of aromatic nitrogens is 5. The molecule has 2 saturated carbocycles. The Morgan fingerprint density at radius 1 is 1.27 bits per heavy atom. The van der Waals surface area contributed by atoms with Gasteiger partial charge >= 0.3 is 0 Å². The fraction of sp³-hybridized carbons (Fsp3) is 0.588. The van der Waals surface area contributed by atoms with E-state index in [4.69, 9.17) is 0 Å². The summed E-state index contributed by atoms with van der Waals surface area (Å²) in [6.45, 7) is 2.16. The van der Waals surface area contributed by atoms with Gasteiger partial charge in [-0.15, -0.1) is 10.2 Å². The molecular formula is C17H24N6O2S. The summed E-state index contributed by atoms with van der Waals surface area (Å²) in [5.74, 6) is 1.39. The second-order valence-corrected chi connectivity index (χ2v) is 9.33. The lowest BCUT2D eigenvalue weighted by molar-refractivity contribution is 0.505. The minimum atomic E-state index is -3.16. The van der Waals surface area contributed by atoms with Crippen LogP contribution in [0.3, 0.4) is 0 Å². The van der Waals surface area contributed by atoms with Gasteiger partial charge in [-0.1, -0.05) is 14.4 Å². The smallest absolute Gasteiger partial charge is 0.214 e. The minimum absolute atomic E-state index is 0. The highest BCUT2D eigenvalue weighted by molar-refractivity contribution is 7.90. The molecular weight excluding hydrogens is 352 g/mol. The summed E-state index contributed by atoms with van der Waals surface area (Å²) >= 11 is 0. The maximum atomic E-state index is 12.2. The average molecular weight is 376 g/mol. The Bertz CT molecular complexity index is 1050. The fourth-order valence-electron chi connectivity index (χ4n) is 4.05. The zero-order valence-electron chi connectivity index (χ0n) is 13.9. The summed E-state index contributed by atoms with van der Waals surface area (Å²) < 4.78 is 29.4. The zero-order chi connectivity index (χ0) is 17.2. The average Bonchev–Trinajstić information content (AvgIpc) is 3.03. The van der Waals surface area contributed by atoms with Gasteiger partial charge in [-0.05, 0) is 37.7 Å². The lowest BCUT2D eigenvalue weighted by Gasteiger charge is -2.13. The maximum Gasteiger partial charge on any atom is 0.214 e. The Hall–Kier alpha value is -2.00. The number of rotatable bonds is 4. The SMILES string of the molecule is C.C[C@@H]1C[C@H](NS(=O)(=O)C2CC2)C[C@@H]1c1nnc2cnc3[nH]ccc3n12. The Kier molecular flexibility index (Phi) is 4.03. The minimum Gasteiger partial charge on any atom is -0.345 e. The predicted molar refractivity (Wildman–Crippen MR) is 99.4 cm³/mol. The molecule has 0 aromatic carbocycles. The summed E-state index contributed by atoms with van der Waals surface area (Å²) in [5.41, 5.74) is 2.47. The standard InChI is InChI=1S/C16H20N6O2S.CH4/c1-9-6-10(21-25(23,24)11-2-3-11)7-12(9)16-20-19-14-8-18-15-13(22(14)16)4-5-17-15;/h4-5,8-12,17,21H,2-3,6-7H2,1H3;1H4/t9-,10+,12+;/m1./s1. The van der Waals surface area contributed by atoms with Crippen molar-refractivity contribution in [1.29, 1.82) is 0 Å². The highest BCUT2D eigenvalue weighted by Crippen LogP contribution is 2.40. The third-order valence-corrected chi connectivity index (χ3v) is 7.49. The van der Waals surface area contributed by atoms with Gasteiger partial charge in [0.2, 0.25) is 10.0 Å². The van der Waals surface area contributed by atoms with Gasteiger partial charge < -0.3 is 4.98 Å². The molecule has 2 fully saturated rings. The van der Waals surface area contributed by atoms with Crippen LogP contribution in [-0.2, 0) is 10.0 Å². The van der Waals surface area contributed by atoms with Gasteiger partial charge in [0.1, 0.15) is 5.82 Å². The molecule has 9 heteroatoms. The normalized spacial score (nSPS) is 26.4. The molecule has 0 saturated heterocycles. The molecule has 3 heterocycles. The Morgan fingerprint density at radius 3 is 2.85 bits per heavy atom. The Balaban J connectivity index is 0.00000168. The van der Waals surface area contributed by atoms with Crippen molar-refractivity contribution < 1.29 is 8.42 Å². The van der Waals surface area contributed by atoms with Crippen molar-refractivity contribution in [3.8, 4) is 0 Å². The summed E-state index contributed by atoms with van der Waals surface area (Å²) in [6, 6.07) is 1.94. The molecule has 0 unspecified atom stereocenters. The van der Waals surface area contributed by atoms with Gasteiger partial charge in [-0.2, -0.15) is 0 Å². The van der Waals surface area contributed by atoms with Crippen LogP contribution in [0.15, 0.2) is 18.5 Å². The molecule has 0 aliphatic heterocycles. The van der Waals surface area contributed by atoms with Crippen LogP contribution >= 0.6 is 0 Å². The van der Waals surface area contributed by atoms with Gasteiger partial charge in [0.25, 0.3) is 0 Å². The molecule has 2 aliphatic carbocycles. The van der Waals surface area contributed by atoms with Crippen molar-refractivity contribution in [2.45, 2.75) is 57.2 Å². The largest absolute Gasteiger partial charge is 0.345 e. The van der Waals surface area contributed by atoms with E-state index in [1.54, 1.807) is 6.20 Å². The number of nitrogens with zero attached hydrogens (tertiary/aromatic N) is 4. The van der Waals surface area contributed by atoms with Crippen molar-refractivity contribution in [2.24, 2.45) is 5.92 Å². The number of H-pyrrole nitrogens is 1. The molecule has 0 amide bonds. The molecule has 5 rings (SSSR count). The van der Waals surface area contributed by atoms with Crippen LogP contribution < -0.4 is 4.72 Å². The molecule has 0 spiro atoms. The third kappa shape index (κ3) is 2.69. The number of sulfonamides is 1. The predicted octanol–water partition coefficient (Wildman–Crippen LogP) is 2.21. The van der Waals surface area contributed by atoms with Crippen LogP contribution in [0.4, 0.5) is 0 Å². The van der Waals surface area contributed by atoms with Crippen LogP contribution in [0, 0.1) is 5.92 Å². The van der Waals surface area contributed by atoms with E-state index in [1.807, 2.05) is 16.7 Å². The lowest BCUT2D eigenvalue weighted by atomic mass is 9.97. The van der Waals surface area contributed by atoms with Crippen molar-refractivity contribution in [3.05, 3.63) is 24.3 Å². The van der Waals surface area contributed by atoms with Crippen LogP contribution in [0.5, 0.6) is 0 Å². The third-order valence-electron chi connectivity index (χ3n) is 5.47. The molecule has 26 heavy (non-hydrogen) atoms. The molecule has 3 aromatic rings. The quantitative estimate of drug-likeness (QED) is 0.726. The second kappa shape index (κ2) is 6.02. The number of hydrogen-bond donors (Lipinski definition) is 2. The van der Waals surface area contributed by atoms with E-state index in [0.29, 0.717) is 5.92 Å². The summed E-state index contributed by atoms with van der Waals surface area (Å²) in [5, 5.41) is 8.50. The van der Waals surface area contributed by atoms with Crippen LogP contribution in [0.1, 0.15) is 51.8 Å². The highest BCUT2D eigenvalue weighted by Gasteiger charge is 2.41. The summed E-state index contributed by atoms with van der Waals surface area (Å²) in [6.07, 6.45) is 6.71. The van der Waals surface area contributed by atoms with E-state index < -0.39 is 10.0 Å². The summed E-state index contributed by atoms with van der Waals surface area (Å²) in [7, 11) is -3.16. The van der Waals surface area contributed by atoms with Gasteiger partial charge in [0, 0.05) is 18.2 Å². The molecule has 140 valence electrons. The van der Waals surface area contributed by atoms with Crippen LogP contribution in [-0.4, -0.2) is 44.3 Å². The van der Waals surface area contributed by atoms with E-state index >= 15 is 0 Å². The first kappa shape index (κ1) is 17.4. The lowest BCUT2D eigenvalue weighted by Crippen LogP contribution is -2.35. The van der Waals surface area contributed by atoms with E-state index in [-0.39, 0.29) is 24.6 Å². The van der Waals surface area contributed by atoms with E-state index in [2.05, 4.69) is 31.8 Å². The molecule has 2 N–H and O–H groups in total. The number of aromatic amines is 1. The van der Waals surface area contributed by atoms with Gasteiger partial charge in [0.15, 0.2) is 11.3 Å². The monoisotopic (exact) mass is 376 g/mol. The van der Waals surface area contributed by atoms with E-state index in [0.717, 1.165) is 48.3 Å². The molecule has 0 radical (unpaired) electrons. The van der Waals surface area contributed by atoms with Crippen LogP contribution in [0.25, 0.3) is 16.8 Å². The second-order valence-electron chi connectivity index (χ2n) is 7.34. The van der Waals surface area contributed by atoms with Gasteiger partial charge in [0.05, 0.1) is 17.0 Å². The highest BCUT2D eigenvalue weighted by atomic mass is 32.2. The fourth-order valence-corrected chi connectivity index (χ4v) is 5.66. The van der Waals surface area contributed by atoms with Crippen molar-refractivity contribution in [3.63, 3.8) is 0 Å². The first-order chi connectivity index (χ1) is 12.0. The number of fused-ring (bicyclic) bond motifs is 3. The van der Waals surface area contributed by atoms with Crippen molar-refractivity contribution in [1.82, 2.24) is 29.3 Å². The number of nitrogens with one attached hydrogen (secondary N) is 2. The van der Waals surface area contributed by atoms with Gasteiger partial charge in [-0.25, -0.2) is 18.1 Å². The van der Waals surface area contributed by atoms with Crippen molar-refractivity contribution >= 4 is 26.8 Å². The Labute approximate surface area is 152 Å².